The Labute approximate surface area is 205 Å². The number of hydrogen-bond donors (Lipinski definition) is 6. The third-order valence-corrected chi connectivity index (χ3v) is 4.63. The number of unbranched alkanes of at least 4 members (excludes halogenated alkanes) is 8. The number of ether oxygens (including phenoxy) is 1. The number of carbonyl (C=O) groups excluding carboxylic acids is 1. The lowest BCUT2D eigenvalue weighted by Crippen LogP contribution is -2.26. The standard InChI is InChI=1S/C21H38O4.C3H9BO5/c1-2-3-4-5-6-7-8-9-10-11-12-13-14-15-16-17-21(24)25-19-20(23)18-22;5-1-3(6)2-9-4(7)8/h6-7,9-10,20,22-23H,2-5,8,11-19H2,1H3;3,5-8H,1-2H2/b7-6-,10-9-;. The fourth-order valence-corrected chi connectivity index (χ4v) is 2.64. The minimum atomic E-state index is -1.88. The Bertz CT molecular complexity index is 487. The van der Waals surface area contributed by atoms with E-state index in [0.717, 1.165) is 32.1 Å². The number of allylic oxidation sites excluding steroid dienone is 4. The second-order valence-electron chi connectivity index (χ2n) is 8.00. The predicted molar refractivity (Wildman–Crippen MR) is 133 cm³/mol. The Kier molecular flexibility index (Phi) is 28.7. The molecule has 0 spiro atoms. The van der Waals surface area contributed by atoms with Gasteiger partial charge in [0.25, 0.3) is 0 Å². The molecule has 0 saturated carbocycles. The molecule has 0 amide bonds. The molecule has 0 aliphatic heterocycles. The van der Waals surface area contributed by atoms with E-state index < -0.39 is 26.1 Å². The van der Waals surface area contributed by atoms with Gasteiger partial charge in [-0.15, -0.1) is 0 Å². The van der Waals surface area contributed by atoms with Crippen molar-refractivity contribution in [3.05, 3.63) is 24.3 Å². The van der Waals surface area contributed by atoms with Crippen molar-refractivity contribution in [2.24, 2.45) is 0 Å². The second-order valence-corrected chi connectivity index (χ2v) is 8.00. The Morgan fingerprint density at radius 1 is 0.794 bits per heavy atom. The number of aliphatic hydroxyl groups excluding tert-OH is 4. The van der Waals surface area contributed by atoms with Crippen molar-refractivity contribution in [1.29, 1.82) is 0 Å². The van der Waals surface area contributed by atoms with Crippen molar-refractivity contribution < 1.29 is 44.7 Å². The molecule has 10 heteroatoms. The molecule has 0 aromatic heterocycles. The van der Waals surface area contributed by atoms with Crippen molar-refractivity contribution in [2.75, 3.05) is 26.4 Å². The largest absolute Gasteiger partial charge is 0.633 e. The number of esters is 1. The summed E-state index contributed by atoms with van der Waals surface area (Å²) in [6, 6.07) is 0. The van der Waals surface area contributed by atoms with Crippen LogP contribution in [0.3, 0.4) is 0 Å². The minimum absolute atomic E-state index is 0.115. The molecule has 0 fully saturated rings. The maximum Gasteiger partial charge on any atom is 0.633 e. The maximum atomic E-state index is 11.4. The molecule has 2 atom stereocenters. The van der Waals surface area contributed by atoms with Crippen LogP contribution in [0.15, 0.2) is 24.3 Å². The fourth-order valence-electron chi connectivity index (χ4n) is 2.64. The Balaban J connectivity index is 0. The number of rotatable bonds is 21. The molecular formula is C24H47BO9. The number of hydrogen-bond acceptors (Lipinski definition) is 9. The van der Waals surface area contributed by atoms with E-state index in [1.165, 1.54) is 38.5 Å². The van der Waals surface area contributed by atoms with Gasteiger partial charge in [0, 0.05) is 6.42 Å². The minimum Gasteiger partial charge on any atom is -0.463 e. The van der Waals surface area contributed by atoms with Crippen molar-refractivity contribution in [3.8, 4) is 0 Å². The summed E-state index contributed by atoms with van der Waals surface area (Å²) in [7, 11) is -1.88. The summed E-state index contributed by atoms with van der Waals surface area (Å²) in [5.74, 6) is -0.293. The average Bonchev–Trinajstić information content (AvgIpc) is 2.83. The molecule has 0 bridgehead atoms. The first-order valence-electron chi connectivity index (χ1n) is 12.4. The average molecular weight is 490 g/mol. The summed E-state index contributed by atoms with van der Waals surface area (Å²) in [5, 5.41) is 50.4. The molecule has 0 aromatic carbocycles. The van der Waals surface area contributed by atoms with Crippen LogP contribution < -0.4 is 0 Å². The highest BCUT2D eigenvalue weighted by Crippen LogP contribution is 2.09. The zero-order valence-electron chi connectivity index (χ0n) is 20.8. The van der Waals surface area contributed by atoms with Gasteiger partial charge in [-0.05, 0) is 38.5 Å². The van der Waals surface area contributed by atoms with Crippen LogP contribution in [0.25, 0.3) is 0 Å². The van der Waals surface area contributed by atoms with E-state index in [1.54, 1.807) is 0 Å². The van der Waals surface area contributed by atoms with Gasteiger partial charge in [0.2, 0.25) is 0 Å². The summed E-state index contributed by atoms with van der Waals surface area (Å²) in [5.41, 5.74) is 0. The summed E-state index contributed by atoms with van der Waals surface area (Å²) in [6.45, 7) is 1.00. The van der Waals surface area contributed by atoms with Crippen LogP contribution in [-0.4, -0.2) is 82.4 Å². The highest BCUT2D eigenvalue weighted by atomic mass is 16.6. The first-order valence-corrected chi connectivity index (χ1v) is 12.4. The molecule has 0 radical (unpaired) electrons. The molecule has 0 aliphatic rings. The third kappa shape index (κ3) is 30.7. The van der Waals surface area contributed by atoms with E-state index in [0.29, 0.717) is 6.42 Å². The Morgan fingerprint density at radius 3 is 1.88 bits per heavy atom. The molecule has 2 unspecified atom stereocenters. The predicted octanol–water partition coefficient (Wildman–Crippen LogP) is 2.02. The highest BCUT2D eigenvalue weighted by Gasteiger charge is 2.11. The van der Waals surface area contributed by atoms with E-state index >= 15 is 0 Å². The lowest BCUT2D eigenvalue weighted by atomic mass is 10.1. The zero-order valence-corrected chi connectivity index (χ0v) is 20.8. The quantitative estimate of drug-likeness (QED) is 0.0613. The second kappa shape index (κ2) is 28.0. The van der Waals surface area contributed by atoms with E-state index in [1.807, 2.05) is 0 Å². The first-order chi connectivity index (χ1) is 16.4. The molecule has 0 aromatic rings. The van der Waals surface area contributed by atoms with Crippen molar-refractivity contribution in [2.45, 2.75) is 96.2 Å². The fraction of sp³-hybridized carbons (Fsp3) is 0.792. The van der Waals surface area contributed by atoms with Crippen molar-refractivity contribution >= 4 is 13.3 Å². The SMILES string of the molecule is CCCCC/C=C\C/C=C\CCCCCCCC(=O)OCC(O)CO.OCC(O)COB(O)O. The smallest absolute Gasteiger partial charge is 0.463 e. The van der Waals surface area contributed by atoms with Gasteiger partial charge < -0.3 is 39.9 Å². The van der Waals surface area contributed by atoms with Gasteiger partial charge >= 0.3 is 13.3 Å². The van der Waals surface area contributed by atoms with Crippen LogP contribution in [0.1, 0.15) is 84.0 Å². The van der Waals surface area contributed by atoms with Crippen molar-refractivity contribution in [3.63, 3.8) is 0 Å². The van der Waals surface area contributed by atoms with E-state index in [2.05, 4.69) is 35.9 Å². The van der Waals surface area contributed by atoms with Crippen LogP contribution in [0.2, 0.25) is 0 Å². The summed E-state index contributed by atoms with van der Waals surface area (Å²) in [6.07, 6.45) is 20.1. The van der Waals surface area contributed by atoms with Crippen LogP contribution in [0, 0.1) is 0 Å². The van der Waals surface area contributed by atoms with Gasteiger partial charge in [-0.25, -0.2) is 0 Å². The molecule has 0 aliphatic carbocycles. The van der Waals surface area contributed by atoms with E-state index in [4.69, 9.17) is 35.2 Å². The lowest BCUT2D eigenvalue weighted by molar-refractivity contribution is -0.147. The number of carbonyl (C=O) groups is 1. The van der Waals surface area contributed by atoms with Gasteiger partial charge in [0.05, 0.1) is 25.9 Å². The van der Waals surface area contributed by atoms with Gasteiger partial charge in [-0.3, -0.25) is 4.79 Å². The van der Waals surface area contributed by atoms with E-state index in [9.17, 15) is 4.79 Å². The lowest BCUT2D eigenvalue weighted by Gasteiger charge is -2.08. The highest BCUT2D eigenvalue weighted by molar-refractivity contribution is 6.32. The number of aliphatic hydroxyl groups is 4. The Hall–Kier alpha value is -1.27. The molecule has 0 heterocycles. The zero-order chi connectivity index (χ0) is 25.9. The van der Waals surface area contributed by atoms with Crippen LogP contribution in [0.4, 0.5) is 0 Å². The maximum absolute atomic E-state index is 11.4. The van der Waals surface area contributed by atoms with Crippen LogP contribution in [-0.2, 0) is 14.2 Å². The topological polar surface area (TPSA) is 157 Å². The molecular weight excluding hydrogens is 443 g/mol. The molecule has 6 N–H and O–H groups in total. The molecule has 0 saturated heterocycles. The third-order valence-electron chi connectivity index (χ3n) is 4.63. The van der Waals surface area contributed by atoms with Crippen LogP contribution >= 0.6 is 0 Å². The first kappa shape index (κ1) is 34.9. The van der Waals surface area contributed by atoms with E-state index in [-0.39, 0.29) is 25.8 Å². The molecule has 34 heavy (non-hydrogen) atoms. The summed E-state index contributed by atoms with van der Waals surface area (Å²) >= 11 is 0. The monoisotopic (exact) mass is 490 g/mol. The van der Waals surface area contributed by atoms with Gasteiger partial charge in [0.15, 0.2) is 0 Å². The van der Waals surface area contributed by atoms with Gasteiger partial charge in [0.1, 0.15) is 12.7 Å². The molecule has 200 valence electrons. The van der Waals surface area contributed by atoms with Crippen LogP contribution in [0.5, 0.6) is 0 Å². The summed E-state index contributed by atoms with van der Waals surface area (Å²) in [4.78, 5) is 11.4. The summed E-state index contributed by atoms with van der Waals surface area (Å²) < 4.78 is 8.95. The van der Waals surface area contributed by atoms with Crippen molar-refractivity contribution in [1.82, 2.24) is 0 Å². The Morgan fingerprint density at radius 2 is 1.32 bits per heavy atom. The molecule has 0 rings (SSSR count). The molecule has 9 nitrogen and oxygen atoms in total. The normalized spacial score (nSPS) is 13.0. The van der Waals surface area contributed by atoms with Gasteiger partial charge in [-0.2, -0.15) is 0 Å². The van der Waals surface area contributed by atoms with Gasteiger partial charge in [-0.1, -0.05) is 63.3 Å².